The molecule has 1 aliphatic rings. The lowest BCUT2D eigenvalue weighted by molar-refractivity contribution is 0.0950. The highest BCUT2D eigenvalue weighted by Gasteiger charge is 2.23. The average Bonchev–Trinajstić information content (AvgIpc) is 2.95. The molecule has 1 atom stereocenters. The summed E-state index contributed by atoms with van der Waals surface area (Å²) in [5.74, 6) is 1.12. The number of aryl methyl sites for hydroxylation is 1. The molecule has 3 aromatic heterocycles. The van der Waals surface area contributed by atoms with Gasteiger partial charge in [-0.2, -0.15) is 0 Å². The molecule has 0 aliphatic carbocycles. The lowest BCUT2D eigenvalue weighted by atomic mass is 10.0. The van der Waals surface area contributed by atoms with Crippen LogP contribution in [-0.4, -0.2) is 61.2 Å². The molecule has 208 valence electrons. The molecule has 10 heteroatoms. The molecule has 1 aromatic carbocycles. The number of hydrogen-bond donors (Lipinski definition) is 2. The SMILES string of the molecule is Cc1ccc(C(=O)NCc2cc3nc(-c4cccc(N5CCN[C@@H](C(C)C)C5)n4)ccc3cn2)cc1S(C)(=O)=O. The van der Waals surface area contributed by atoms with Gasteiger partial charge in [-0.15, -0.1) is 0 Å². The second kappa shape index (κ2) is 11.3. The van der Waals surface area contributed by atoms with Crippen LogP contribution in [0.1, 0.15) is 35.5 Å². The van der Waals surface area contributed by atoms with Crippen molar-refractivity contribution in [2.75, 3.05) is 30.8 Å². The number of carbonyl (C=O) groups is 1. The number of aromatic nitrogens is 3. The highest BCUT2D eigenvalue weighted by molar-refractivity contribution is 7.90. The number of benzene rings is 1. The zero-order valence-corrected chi connectivity index (χ0v) is 24.0. The van der Waals surface area contributed by atoms with Crippen LogP contribution in [0.25, 0.3) is 22.3 Å². The van der Waals surface area contributed by atoms with Gasteiger partial charge in [-0.3, -0.25) is 9.78 Å². The number of piperazine rings is 1. The van der Waals surface area contributed by atoms with Gasteiger partial charge in [0.15, 0.2) is 9.84 Å². The summed E-state index contributed by atoms with van der Waals surface area (Å²) in [6, 6.07) is 16.9. The molecule has 1 fully saturated rings. The Bertz CT molecular complexity index is 1670. The molecule has 2 N–H and O–H groups in total. The van der Waals surface area contributed by atoms with Gasteiger partial charge in [0, 0.05) is 49.1 Å². The third kappa shape index (κ3) is 6.13. The Labute approximate surface area is 235 Å². The van der Waals surface area contributed by atoms with Crippen molar-refractivity contribution in [3.8, 4) is 11.4 Å². The minimum absolute atomic E-state index is 0.148. The van der Waals surface area contributed by atoms with Crippen molar-refractivity contribution >= 4 is 32.5 Å². The number of sulfone groups is 1. The largest absolute Gasteiger partial charge is 0.354 e. The molecule has 1 saturated heterocycles. The van der Waals surface area contributed by atoms with Crippen LogP contribution in [0.4, 0.5) is 5.82 Å². The summed E-state index contributed by atoms with van der Waals surface area (Å²) < 4.78 is 24.1. The van der Waals surface area contributed by atoms with Crippen molar-refractivity contribution in [3.63, 3.8) is 0 Å². The number of carbonyl (C=O) groups excluding carboxylic acids is 1. The van der Waals surface area contributed by atoms with E-state index in [1.54, 1.807) is 25.3 Å². The Morgan fingerprint density at radius 3 is 2.67 bits per heavy atom. The third-order valence-corrected chi connectivity index (χ3v) is 8.48. The number of hydrogen-bond acceptors (Lipinski definition) is 8. The fourth-order valence-electron chi connectivity index (χ4n) is 4.89. The predicted molar refractivity (Wildman–Crippen MR) is 157 cm³/mol. The van der Waals surface area contributed by atoms with Crippen molar-refractivity contribution in [2.45, 2.75) is 38.3 Å². The van der Waals surface area contributed by atoms with Gasteiger partial charge in [0.1, 0.15) is 5.82 Å². The molecule has 40 heavy (non-hydrogen) atoms. The number of anilines is 1. The van der Waals surface area contributed by atoms with Gasteiger partial charge in [-0.05, 0) is 60.9 Å². The molecule has 0 spiro atoms. The van der Waals surface area contributed by atoms with Gasteiger partial charge in [0.05, 0.1) is 34.0 Å². The van der Waals surface area contributed by atoms with Crippen molar-refractivity contribution < 1.29 is 13.2 Å². The van der Waals surface area contributed by atoms with Crippen molar-refractivity contribution in [2.24, 2.45) is 5.92 Å². The Morgan fingerprint density at radius 1 is 1.10 bits per heavy atom. The van der Waals surface area contributed by atoms with E-state index in [-0.39, 0.29) is 22.9 Å². The van der Waals surface area contributed by atoms with Gasteiger partial charge < -0.3 is 15.5 Å². The minimum Gasteiger partial charge on any atom is -0.354 e. The first-order valence-electron chi connectivity index (χ1n) is 13.4. The summed E-state index contributed by atoms with van der Waals surface area (Å²) in [6.45, 7) is 9.10. The summed E-state index contributed by atoms with van der Waals surface area (Å²) in [4.78, 5) is 29.5. The molecule has 1 aliphatic heterocycles. The number of amides is 1. The van der Waals surface area contributed by atoms with Crippen molar-refractivity contribution in [1.29, 1.82) is 0 Å². The van der Waals surface area contributed by atoms with E-state index < -0.39 is 9.84 Å². The van der Waals surface area contributed by atoms with Crippen molar-refractivity contribution in [3.05, 3.63) is 77.6 Å². The summed E-state index contributed by atoms with van der Waals surface area (Å²) in [7, 11) is -3.43. The minimum atomic E-state index is -3.43. The Balaban J connectivity index is 1.33. The van der Waals surface area contributed by atoms with Crippen LogP contribution < -0.4 is 15.5 Å². The molecule has 4 aromatic rings. The van der Waals surface area contributed by atoms with Crippen LogP contribution in [-0.2, 0) is 16.4 Å². The maximum absolute atomic E-state index is 12.8. The highest BCUT2D eigenvalue weighted by Crippen LogP contribution is 2.24. The van der Waals surface area contributed by atoms with E-state index in [4.69, 9.17) is 9.97 Å². The smallest absolute Gasteiger partial charge is 0.251 e. The van der Waals surface area contributed by atoms with E-state index in [1.165, 1.54) is 6.07 Å². The molecule has 9 nitrogen and oxygen atoms in total. The number of rotatable bonds is 7. The maximum atomic E-state index is 12.8. The zero-order valence-electron chi connectivity index (χ0n) is 23.2. The van der Waals surface area contributed by atoms with Crippen molar-refractivity contribution in [1.82, 2.24) is 25.6 Å². The van der Waals surface area contributed by atoms with E-state index in [2.05, 4.69) is 34.4 Å². The number of nitrogens with zero attached hydrogens (tertiary/aromatic N) is 4. The number of fused-ring (bicyclic) bond motifs is 1. The van der Waals surface area contributed by atoms with Gasteiger partial charge >= 0.3 is 0 Å². The molecule has 0 bridgehead atoms. The lowest BCUT2D eigenvalue weighted by Crippen LogP contribution is -2.53. The van der Waals surface area contributed by atoms with E-state index in [0.29, 0.717) is 23.2 Å². The number of nitrogens with one attached hydrogen (secondary N) is 2. The Kier molecular flexibility index (Phi) is 7.82. The van der Waals surface area contributed by atoms with Gasteiger partial charge in [0.25, 0.3) is 5.91 Å². The lowest BCUT2D eigenvalue weighted by Gasteiger charge is -2.36. The summed E-state index contributed by atoms with van der Waals surface area (Å²) >= 11 is 0. The molecule has 0 radical (unpaired) electrons. The van der Waals surface area contributed by atoms with Crippen LogP contribution >= 0.6 is 0 Å². The van der Waals surface area contributed by atoms with Crippen LogP contribution in [0.3, 0.4) is 0 Å². The van der Waals surface area contributed by atoms with E-state index >= 15 is 0 Å². The van der Waals surface area contributed by atoms with Crippen LogP contribution in [0, 0.1) is 12.8 Å². The third-order valence-electron chi connectivity index (χ3n) is 7.24. The molecular formula is C30H34N6O3S. The van der Waals surface area contributed by atoms with E-state index in [1.807, 2.05) is 36.4 Å². The molecule has 1 amide bonds. The fraction of sp³-hybridized carbons (Fsp3) is 0.333. The second-order valence-corrected chi connectivity index (χ2v) is 12.6. The quantitative estimate of drug-likeness (QED) is 0.352. The Hall–Kier alpha value is -3.89. The first-order valence-corrected chi connectivity index (χ1v) is 15.3. The molecule has 5 rings (SSSR count). The van der Waals surface area contributed by atoms with Crippen LogP contribution in [0.5, 0.6) is 0 Å². The molecular weight excluding hydrogens is 524 g/mol. The van der Waals surface area contributed by atoms with Gasteiger partial charge in [0.2, 0.25) is 0 Å². The van der Waals surface area contributed by atoms with E-state index in [0.717, 1.165) is 54.0 Å². The maximum Gasteiger partial charge on any atom is 0.251 e. The van der Waals surface area contributed by atoms with Gasteiger partial charge in [-0.1, -0.05) is 26.0 Å². The molecule has 0 saturated carbocycles. The number of pyridine rings is 3. The first kappa shape index (κ1) is 27.7. The fourth-order valence-corrected chi connectivity index (χ4v) is 5.88. The Morgan fingerprint density at radius 2 is 1.90 bits per heavy atom. The predicted octanol–water partition coefficient (Wildman–Crippen LogP) is 3.77. The summed E-state index contributed by atoms with van der Waals surface area (Å²) in [6.07, 6.45) is 2.87. The highest BCUT2D eigenvalue weighted by atomic mass is 32.2. The molecule has 0 unspecified atom stereocenters. The summed E-state index contributed by atoms with van der Waals surface area (Å²) in [5.41, 5.74) is 3.84. The average molecular weight is 559 g/mol. The van der Waals surface area contributed by atoms with Crippen LogP contribution in [0.15, 0.2) is 65.7 Å². The first-order chi connectivity index (χ1) is 19.1. The summed E-state index contributed by atoms with van der Waals surface area (Å²) in [5, 5.41) is 7.30. The normalized spacial score (nSPS) is 15.9. The topological polar surface area (TPSA) is 117 Å². The van der Waals surface area contributed by atoms with Crippen LogP contribution in [0.2, 0.25) is 0 Å². The molecule has 4 heterocycles. The second-order valence-electron chi connectivity index (χ2n) is 10.6. The van der Waals surface area contributed by atoms with E-state index in [9.17, 15) is 13.2 Å². The zero-order chi connectivity index (χ0) is 28.4. The van der Waals surface area contributed by atoms with Gasteiger partial charge in [-0.25, -0.2) is 18.4 Å². The standard InChI is InChI=1S/C30H34N6O3S/c1-19(2)27-18-36(13-12-31-27)29-7-5-6-24(35-29)25-11-10-22-16-32-23(15-26(22)34-25)17-33-30(37)21-9-8-20(3)28(14-21)40(4,38)39/h5-11,14-16,19,27,31H,12-13,17-18H2,1-4H3,(H,33,37)/t27-/m1/s1. The monoisotopic (exact) mass is 558 g/mol.